The zero-order valence-electron chi connectivity index (χ0n) is 5.55. The minimum absolute atomic E-state index is 0.000000000000000222. The fourth-order valence-corrected chi connectivity index (χ4v) is 0.978. The maximum atomic E-state index is 5.69. The van der Waals surface area contributed by atoms with Gasteiger partial charge in [0, 0.05) is 18.1 Å². The summed E-state index contributed by atoms with van der Waals surface area (Å²) in [6, 6.07) is -0.000000000000000222. The molecule has 3 N–H and O–H groups in total. The van der Waals surface area contributed by atoms with E-state index in [1.807, 2.05) is 0 Å². The van der Waals surface area contributed by atoms with E-state index >= 15 is 0 Å². The molecule has 10 heavy (non-hydrogen) atoms. The number of halogens is 1. The molecule has 0 bridgehead atoms. The van der Waals surface area contributed by atoms with Crippen molar-refractivity contribution in [3.05, 3.63) is 18.2 Å². The first kappa shape index (κ1) is 7.57. The average Bonchev–Trinajstić information content (AvgIpc) is 2.38. The van der Waals surface area contributed by atoms with E-state index in [1.54, 1.807) is 12.5 Å². The van der Waals surface area contributed by atoms with Crippen LogP contribution in [-0.4, -0.2) is 15.8 Å². The second kappa shape index (κ2) is 3.58. The third kappa shape index (κ3) is 1.72. The standard InChI is InChI=1S/C6H10ClN3/c7-2-1-5(8)6-3-9-4-10-6/h3-5H,1-2,8H2,(H,9,10). The first-order valence-electron chi connectivity index (χ1n) is 3.14. The smallest absolute Gasteiger partial charge is 0.0922 e. The highest BCUT2D eigenvalue weighted by Crippen LogP contribution is 2.09. The summed E-state index contributed by atoms with van der Waals surface area (Å²) >= 11 is 5.50. The van der Waals surface area contributed by atoms with Crippen LogP contribution in [0.1, 0.15) is 18.2 Å². The number of alkyl halides is 1. The number of aromatic nitrogens is 2. The Hall–Kier alpha value is -0.540. The van der Waals surface area contributed by atoms with Gasteiger partial charge in [0.05, 0.1) is 12.0 Å². The van der Waals surface area contributed by atoms with Gasteiger partial charge in [0.15, 0.2) is 0 Å². The third-order valence-corrected chi connectivity index (χ3v) is 1.56. The van der Waals surface area contributed by atoms with Gasteiger partial charge in [0.1, 0.15) is 0 Å². The molecule has 56 valence electrons. The molecule has 1 heterocycles. The summed E-state index contributed by atoms with van der Waals surface area (Å²) in [6.07, 6.45) is 4.12. The van der Waals surface area contributed by atoms with E-state index in [0.717, 1.165) is 12.1 Å². The molecular weight excluding hydrogens is 150 g/mol. The summed E-state index contributed by atoms with van der Waals surface area (Å²) in [4.78, 5) is 6.77. The molecule has 1 aromatic rings. The molecule has 0 aliphatic rings. The summed E-state index contributed by atoms with van der Waals surface area (Å²) in [6.45, 7) is 0. The van der Waals surface area contributed by atoms with Gasteiger partial charge in [-0.15, -0.1) is 11.6 Å². The Morgan fingerprint density at radius 3 is 3.10 bits per heavy atom. The molecule has 0 fully saturated rings. The molecule has 0 amide bonds. The lowest BCUT2D eigenvalue weighted by Gasteiger charge is -2.04. The fourth-order valence-electron chi connectivity index (χ4n) is 0.742. The zero-order chi connectivity index (χ0) is 7.40. The maximum Gasteiger partial charge on any atom is 0.0922 e. The molecule has 1 aromatic heterocycles. The number of hydrogen-bond acceptors (Lipinski definition) is 2. The number of aromatic amines is 1. The van der Waals surface area contributed by atoms with E-state index in [2.05, 4.69) is 9.97 Å². The average molecular weight is 160 g/mol. The second-order valence-corrected chi connectivity index (χ2v) is 2.47. The van der Waals surface area contributed by atoms with Crippen molar-refractivity contribution in [3.63, 3.8) is 0 Å². The van der Waals surface area contributed by atoms with Gasteiger partial charge in [-0.1, -0.05) is 0 Å². The first-order chi connectivity index (χ1) is 4.84. The molecule has 4 heteroatoms. The molecule has 0 spiro atoms. The number of nitrogens with one attached hydrogen (secondary N) is 1. The largest absolute Gasteiger partial charge is 0.347 e. The van der Waals surface area contributed by atoms with Crippen LogP contribution >= 0.6 is 11.6 Å². The quantitative estimate of drug-likeness (QED) is 0.648. The van der Waals surface area contributed by atoms with Crippen LogP contribution in [0.5, 0.6) is 0 Å². The Bertz CT molecular complexity index is 173. The normalized spacial score (nSPS) is 13.4. The van der Waals surface area contributed by atoms with Crippen molar-refractivity contribution in [2.24, 2.45) is 5.73 Å². The molecule has 1 rings (SSSR count). The molecule has 0 saturated heterocycles. The van der Waals surface area contributed by atoms with E-state index < -0.39 is 0 Å². The van der Waals surface area contributed by atoms with Gasteiger partial charge in [-0.2, -0.15) is 0 Å². The van der Waals surface area contributed by atoms with Gasteiger partial charge >= 0.3 is 0 Å². The minimum Gasteiger partial charge on any atom is -0.347 e. The van der Waals surface area contributed by atoms with Crippen LogP contribution in [0.25, 0.3) is 0 Å². The molecule has 1 unspecified atom stereocenters. The number of imidazole rings is 1. The van der Waals surface area contributed by atoms with Gasteiger partial charge in [0.25, 0.3) is 0 Å². The highest BCUT2D eigenvalue weighted by Gasteiger charge is 2.04. The summed E-state index contributed by atoms with van der Waals surface area (Å²) in [7, 11) is 0. The minimum atomic E-state index is -0.000000000000000222. The number of H-pyrrole nitrogens is 1. The van der Waals surface area contributed by atoms with Gasteiger partial charge in [-0.3, -0.25) is 0 Å². The van der Waals surface area contributed by atoms with Crippen molar-refractivity contribution in [1.29, 1.82) is 0 Å². The number of nitrogens with two attached hydrogens (primary N) is 1. The van der Waals surface area contributed by atoms with Gasteiger partial charge in [0.2, 0.25) is 0 Å². The monoisotopic (exact) mass is 159 g/mol. The molecule has 0 saturated carbocycles. The lowest BCUT2D eigenvalue weighted by molar-refractivity contribution is 0.684. The Kier molecular flexibility index (Phi) is 2.71. The van der Waals surface area contributed by atoms with Crippen molar-refractivity contribution >= 4 is 11.6 Å². The van der Waals surface area contributed by atoms with Crippen LogP contribution in [0.2, 0.25) is 0 Å². The van der Waals surface area contributed by atoms with Crippen LogP contribution < -0.4 is 5.73 Å². The maximum absolute atomic E-state index is 5.69. The van der Waals surface area contributed by atoms with Crippen molar-refractivity contribution in [1.82, 2.24) is 9.97 Å². The third-order valence-electron chi connectivity index (χ3n) is 1.34. The predicted molar refractivity (Wildman–Crippen MR) is 40.9 cm³/mol. The van der Waals surface area contributed by atoms with Crippen molar-refractivity contribution in [2.75, 3.05) is 5.88 Å². The molecule has 3 nitrogen and oxygen atoms in total. The van der Waals surface area contributed by atoms with Crippen molar-refractivity contribution in [3.8, 4) is 0 Å². The predicted octanol–water partition coefficient (Wildman–Crippen LogP) is 1.04. The van der Waals surface area contributed by atoms with E-state index in [1.165, 1.54) is 0 Å². The van der Waals surface area contributed by atoms with E-state index in [4.69, 9.17) is 17.3 Å². The SMILES string of the molecule is NC(CCCl)c1cnc[nH]1. The van der Waals surface area contributed by atoms with Crippen molar-refractivity contribution in [2.45, 2.75) is 12.5 Å². The molecule has 0 aliphatic heterocycles. The Balaban J connectivity index is 2.50. The fraction of sp³-hybridized carbons (Fsp3) is 0.500. The molecule has 1 atom stereocenters. The Morgan fingerprint density at radius 1 is 1.80 bits per heavy atom. The van der Waals surface area contributed by atoms with Crippen LogP contribution in [0.3, 0.4) is 0 Å². The first-order valence-corrected chi connectivity index (χ1v) is 3.68. The van der Waals surface area contributed by atoms with Crippen LogP contribution in [-0.2, 0) is 0 Å². The molecule has 0 aromatic carbocycles. The summed E-state index contributed by atoms with van der Waals surface area (Å²) in [5.74, 6) is 0.584. The Labute approximate surface area is 64.6 Å². The highest BCUT2D eigenvalue weighted by atomic mass is 35.5. The summed E-state index contributed by atoms with van der Waals surface area (Å²) in [5, 5.41) is 0. The van der Waals surface area contributed by atoms with E-state index in [-0.39, 0.29) is 6.04 Å². The molecular formula is C6H10ClN3. The van der Waals surface area contributed by atoms with E-state index in [0.29, 0.717) is 5.88 Å². The number of rotatable bonds is 3. The lowest BCUT2D eigenvalue weighted by Crippen LogP contribution is -2.10. The number of hydrogen-bond donors (Lipinski definition) is 2. The second-order valence-electron chi connectivity index (χ2n) is 2.09. The highest BCUT2D eigenvalue weighted by molar-refractivity contribution is 6.17. The van der Waals surface area contributed by atoms with Gasteiger partial charge in [-0.05, 0) is 6.42 Å². The molecule has 0 aliphatic carbocycles. The summed E-state index contributed by atoms with van der Waals surface area (Å²) in [5.41, 5.74) is 6.64. The lowest BCUT2D eigenvalue weighted by atomic mass is 10.2. The molecule has 0 radical (unpaired) electrons. The number of nitrogens with zero attached hydrogens (tertiary/aromatic N) is 1. The van der Waals surface area contributed by atoms with Gasteiger partial charge < -0.3 is 10.7 Å². The van der Waals surface area contributed by atoms with E-state index in [9.17, 15) is 0 Å². The van der Waals surface area contributed by atoms with Gasteiger partial charge in [-0.25, -0.2) is 4.98 Å². The zero-order valence-corrected chi connectivity index (χ0v) is 6.30. The van der Waals surface area contributed by atoms with Crippen LogP contribution in [0.15, 0.2) is 12.5 Å². The van der Waals surface area contributed by atoms with Crippen LogP contribution in [0, 0.1) is 0 Å². The van der Waals surface area contributed by atoms with Crippen molar-refractivity contribution < 1.29 is 0 Å². The topological polar surface area (TPSA) is 54.7 Å². The van der Waals surface area contributed by atoms with Crippen LogP contribution in [0.4, 0.5) is 0 Å². The summed E-state index contributed by atoms with van der Waals surface area (Å²) < 4.78 is 0. The Morgan fingerprint density at radius 2 is 2.60 bits per heavy atom.